The zero-order valence-electron chi connectivity index (χ0n) is 15.4. The summed E-state index contributed by atoms with van der Waals surface area (Å²) in [6.07, 6.45) is 1.76. The largest absolute Gasteiger partial charge is 0.497 e. The van der Waals surface area contributed by atoms with Gasteiger partial charge in [-0.2, -0.15) is 0 Å². The van der Waals surface area contributed by atoms with Gasteiger partial charge in [0.25, 0.3) is 5.91 Å². The molecule has 1 aliphatic heterocycles. The van der Waals surface area contributed by atoms with Gasteiger partial charge in [0.2, 0.25) is 0 Å². The molecule has 1 heterocycles. The molecule has 2 aromatic rings. The molecule has 1 atom stereocenters. The summed E-state index contributed by atoms with van der Waals surface area (Å²) in [4.78, 5) is 15.0. The van der Waals surface area contributed by atoms with Crippen LogP contribution >= 0.6 is 23.2 Å². The third-order valence-corrected chi connectivity index (χ3v) is 5.32. The van der Waals surface area contributed by atoms with E-state index in [-0.39, 0.29) is 11.9 Å². The van der Waals surface area contributed by atoms with Crippen molar-refractivity contribution in [2.75, 3.05) is 27.9 Å². The van der Waals surface area contributed by atoms with E-state index in [1.807, 2.05) is 23.1 Å². The van der Waals surface area contributed by atoms with Gasteiger partial charge in [0, 0.05) is 23.7 Å². The number of carbonyl (C=O) groups excluding carboxylic acids is 1. The van der Waals surface area contributed by atoms with Crippen molar-refractivity contribution < 1.29 is 19.0 Å². The van der Waals surface area contributed by atoms with E-state index in [1.54, 1.807) is 26.4 Å². The first-order chi connectivity index (χ1) is 13.0. The Labute approximate surface area is 168 Å². The molecule has 0 spiro atoms. The summed E-state index contributed by atoms with van der Waals surface area (Å²) in [6, 6.07) is 8.75. The molecule has 0 bridgehead atoms. The molecule has 0 unspecified atom stereocenters. The van der Waals surface area contributed by atoms with Crippen LogP contribution in [0.4, 0.5) is 0 Å². The Kier molecular flexibility index (Phi) is 6.02. The molecule has 0 aliphatic carbocycles. The van der Waals surface area contributed by atoms with E-state index in [0.29, 0.717) is 39.4 Å². The second-order valence-electron chi connectivity index (χ2n) is 6.24. The van der Waals surface area contributed by atoms with E-state index in [1.165, 1.54) is 7.11 Å². The fourth-order valence-corrected chi connectivity index (χ4v) is 4.11. The van der Waals surface area contributed by atoms with Gasteiger partial charge in [-0.05, 0) is 37.1 Å². The smallest absolute Gasteiger partial charge is 0.254 e. The van der Waals surface area contributed by atoms with Gasteiger partial charge in [-0.25, -0.2) is 0 Å². The number of ether oxygens (including phenoxy) is 3. The summed E-state index contributed by atoms with van der Waals surface area (Å²) in [5.41, 5.74) is 1.39. The van der Waals surface area contributed by atoms with Gasteiger partial charge in [0.15, 0.2) is 5.75 Å². The van der Waals surface area contributed by atoms with Gasteiger partial charge in [-0.1, -0.05) is 23.2 Å². The predicted octanol–water partition coefficient (Wildman–Crippen LogP) is 5.00. The quantitative estimate of drug-likeness (QED) is 0.697. The molecule has 3 rings (SSSR count). The van der Waals surface area contributed by atoms with Crippen LogP contribution in [-0.4, -0.2) is 38.7 Å². The average Bonchev–Trinajstić information content (AvgIpc) is 3.16. The first-order valence-corrected chi connectivity index (χ1v) is 9.31. The first kappa shape index (κ1) is 19.6. The molecule has 1 saturated heterocycles. The minimum absolute atomic E-state index is 0.0852. The molecule has 2 aromatic carbocycles. The van der Waals surface area contributed by atoms with Gasteiger partial charge in [0.05, 0.1) is 37.4 Å². The van der Waals surface area contributed by atoms with Crippen molar-refractivity contribution in [2.45, 2.75) is 18.9 Å². The van der Waals surface area contributed by atoms with Crippen molar-refractivity contribution in [2.24, 2.45) is 0 Å². The highest BCUT2D eigenvalue weighted by Crippen LogP contribution is 2.40. The molecule has 1 fully saturated rings. The Morgan fingerprint density at radius 2 is 1.74 bits per heavy atom. The van der Waals surface area contributed by atoms with Crippen LogP contribution in [0.2, 0.25) is 10.0 Å². The van der Waals surface area contributed by atoms with Crippen molar-refractivity contribution >= 4 is 29.1 Å². The molecule has 0 saturated carbocycles. The van der Waals surface area contributed by atoms with E-state index in [0.717, 1.165) is 18.4 Å². The maximum absolute atomic E-state index is 13.2. The maximum atomic E-state index is 13.2. The highest BCUT2D eigenvalue weighted by molar-refractivity contribution is 6.37. The van der Waals surface area contributed by atoms with Crippen LogP contribution in [0.25, 0.3) is 0 Å². The summed E-state index contributed by atoms with van der Waals surface area (Å²) < 4.78 is 16.0. The average molecular weight is 410 g/mol. The Bertz CT molecular complexity index is 833. The SMILES string of the molecule is COc1ccc([C@H]2CCCN2C(=O)c2cc(Cl)c(OC)c(Cl)c2)c(OC)c1. The van der Waals surface area contributed by atoms with Gasteiger partial charge < -0.3 is 19.1 Å². The second-order valence-corrected chi connectivity index (χ2v) is 7.05. The molecule has 7 heteroatoms. The van der Waals surface area contributed by atoms with Crippen LogP contribution in [0.5, 0.6) is 17.2 Å². The number of amides is 1. The third kappa shape index (κ3) is 3.80. The van der Waals surface area contributed by atoms with Crippen molar-refractivity contribution in [3.05, 3.63) is 51.5 Å². The number of benzene rings is 2. The minimum Gasteiger partial charge on any atom is -0.497 e. The molecule has 0 N–H and O–H groups in total. The van der Waals surface area contributed by atoms with Gasteiger partial charge in [-0.15, -0.1) is 0 Å². The van der Waals surface area contributed by atoms with Gasteiger partial charge >= 0.3 is 0 Å². The fourth-order valence-electron chi connectivity index (χ4n) is 3.47. The fraction of sp³-hybridized carbons (Fsp3) is 0.350. The minimum atomic E-state index is -0.123. The van der Waals surface area contributed by atoms with E-state index < -0.39 is 0 Å². The van der Waals surface area contributed by atoms with Gasteiger partial charge in [0.1, 0.15) is 11.5 Å². The summed E-state index contributed by atoms with van der Waals surface area (Å²) in [7, 11) is 4.71. The monoisotopic (exact) mass is 409 g/mol. The Morgan fingerprint density at radius 1 is 1.04 bits per heavy atom. The lowest BCUT2D eigenvalue weighted by Crippen LogP contribution is -2.30. The maximum Gasteiger partial charge on any atom is 0.254 e. The summed E-state index contributed by atoms with van der Waals surface area (Å²) in [5.74, 6) is 1.65. The Morgan fingerprint density at radius 3 is 2.33 bits per heavy atom. The molecule has 5 nitrogen and oxygen atoms in total. The first-order valence-electron chi connectivity index (χ1n) is 8.56. The number of carbonyl (C=O) groups is 1. The number of halogens is 2. The van der Waals surface area contributed by atoms with E-state index in [9.17, 15) is 4.79 Å². The van der Waals surface area contributed by atoms with Crippen LogP contribution in [0.15, 0.2) is 30.3 Å². The van der Waals surface area contributed by atoms with Crippen molar-refractivity contribution in [1.82, 2.24) is 4.90 Å². The standard InChI is InChI=1S/C20H21Cl2NO4/c1-25-13-6-7-14(18(11-13)26-2)17-5-4-8-23(17)20(24)12-9-15(21)19(27-3)16(22)10-12/h6-7,9-11,17H,4-5,8H2,1-3H3/t17-/m1/s1. The molecular weight excluding hydrogens is 389 g/mol. The number of hydrogen-bond donors (Lipinski definition) is 0. The normalized spacial score (nSPS) is 16.3. The molecule has 1 amide bonds. The van der Waals surface area contributed by atoms with Crippen LogP contribution in [0.1, 0.15) is 34.8 Å². The lowest BCUT2D eigenvalue weighted by molar-refractivity contribution is 0.0734. The second kappa shape index (κ2) is 8.28. The Hall–Kier alpha value is -2.11. The van der Waals surface area contributed by atoms with Crippen molar-refractivity contribution in [3.63, 3.8) is 0 Å². The van der Waals surface area contributed by atoms with Crippen molar-refractivity contribution in [3.8, 4) is 17.2 Å². The molecule has 1 aliphatic rings. The van der Waals surface area contributed by atoms with Crippen LogP contribution in [0, 0.1) is 0 Å². The zero-order chi connectivity index (χ0) is 19.6. The molecule has 0 aromatic heterocycles. The lowest BCUT2D eigenvalue weighted by atomic mass is 10.0. The number of likely N-dealkylation sites (tertiary alicyclic amines) is 1. The lowest BCUT2D eigenvalue weighted by Gasteiger charge is -2.27. The topological polar surface area (TPSA) is 48.0 Å². The van der Waals surface area contributed by atoms with Crippen LogP contribution < -0.4 is 14.2 Å². The molecule has 27 heavy (non-hydrogen) atoms. The zero-order valence-corrected chi connectivity index (χ0v) is 16.9. The number of hydrogen-bond acceptors (Lipinski definition) is 4. The third-order valence-electron chi connectivity index (χ3n) is 4.76. The molecular formula is C20H21Cl2NO4. The van der Waals surface area contributed by atoms with Crippen molar-refractivity contribution in [1.29, 1.82) is 0 Å². The van der Waals surface area contributed by atoms with Crippen LogP contribution in [0.3, 0.4) is 0 Å². The summed E-state index contributed by atoms with van der Waals surface area (Å²) in [5, 5.41) is 0.622. The predicted molar refractivity (Wildman–Crippen MR) is 106 cm³/mol. The molecule has 0 radical (unpaired) electrons. The van der Waals surface area contributed by atoms with Gasteiger partial charge in [-0.3, -0.25) is 4.79 Å². The number of rotatable bonds is 5. The summed E-state index contributed by atoms with van der Waals surface area (Å²) >= 11 is 12.4. The van der Waals surface area contributed by atoms with E-state index in [2.05, 4.69) is 0 Å². The number of methoxy groups -OCH3 is 3. The van der Waals surface area contributed by atoms with Crippen LogP contribution in [-0.2, 0) is 0 Å². The number of nitrogens with zero attached hydrogens (tertiary/aromatic N) is 1. The highest BCUT2D eigenvalue weighted by Gasteiger charge is 2.33. The highest BCUT2D eigenvalue weighted by atomic mass is 35.5. The van der Waals surface area contributed by atoms with E-state index in [4.69, 9.17) is 37.4 Å². The molecule has 144 valence electrons. The summed E-state index contributed by atoms with van der Waals surface area (Å²) in [6.45, 7) is 0.653. The van der Waals surface area contributed by atoms with E-state index >= 15 is 0 Å². The Balaban J connectivity index is 1.94.